The van der Waals surface area contributed by atoms with E-state index in [9.17, 15) is 0 Å². The molecule has 0 unspecified atom stereocenters. The third-order valence-corrected chi connectivity index (χ3v) is 2.54. The average Bonchev–Trinajstić information content (AvgIpc) is 2.59. The second kappa shape index (κ2) is 2.47. The summed E-state index contributed by atoms with van der Waals surface area (Å²) in [6, 6.07) is 0.667. The van der Waals surface area contributed by atoms with E-state index in [-0.39, 0.29) is 0 Å². The van der Waals surface area contributed by atoms with Crippen LogP contribution in [-0.2, 0) is 0 Å². The Hall–Kier alpha value is -0.160. The largest absolute Gasteiger partial charge is 0.358 e. The Balaban J connectivity index is 2.03. The summed E-state index contributed by atoms with van der Waals surface area (Å²) >= 11 is 4.59. The molecule has 5 heteroatoms. The molecule has 0 bridgehead atoms. The first kappa shape index (κ1) is 6.54. The van der Waals surface area contributed by atoms with Crippen LogP contribution in [0.25, 0.3) is 0 Å². The van der Waals surface area contributed by atoms with Crippen molar-refractivity contribution in [2.24, 2.45) is 0 Å². The number of aromatic nitrogens is 2. The number of nitrogens with one attached hydrogen (secondary N) is 1. The molecular formula is C5H6BrN3S. The zero-order valence-electron chi connectivity index (χ0n) is 5.17. The summed E-state index contributed by atoms with van der Waals surface area (Å²) in [6.07, 6.45) is 2.55. The molecule has 1 aromatic heterocycles. The first-order valence-corrected chi connectivity index (χ1v) is 4.67. The van der Waals surface area contributed by atoms with Gasteiger partial charge >= 0.3 is 0 Å². The van der Waals surface area contributed by atoms with Gasteiger partial charge in [0.25, 0.3) is 0 Å². The first-order chi connectivity index (χ1) is 4.84. The van der Waals surface area contributed by atoms with Gasteiger partial charge in [0.05, 0.1) is 0 Å². The smallest absolute Gasteiger partial charge is 0.210 e. The van der Waals surface area contributed by atoms with Gasteiger partial charge in [-0.25, -0.2) is 0 Å². The number of nitrogens with zero attached hydrogens (tertiary/aromatic N) is 2. The van der Waals surface area contributed by atoms with Crippen LogP contribution in [0, 0.1) is 0 Å². The van der Waals surface area contributed by atoms with Crippen LogP contribution < -0.4 is 5.32 Å². The van der Waals surface area contributed by atoms with E-state index in [1.807, 2.05) is 0 Å². The predicted molar refractivity (Wildman–Crippen MR) is 44.3 cm³/mol. The summed E-state index contributed by atoms with van der Waals surface area (Å²) in [5.74, 6) is 0. The molecule has 0 aliphatic heterocycles. The fourth-order valence-corrected chi connectivity index (χ4v) is 1.73. The van der Waals surface area contributed by atoms with E-state index >= 15 is 0 Å². The Bertz CT molecular complexity index is 233. The lowest BCUT2D eigenvalue weighted by molar-refractivity contribution is 1.13. The van der Waals surface area contributed by atoms with Gasteiger partial charge in [0, 0.05) is 17.6 Å². The van der Waals surface area contributed by atoms with Crippen molar-refractivity contribution in [3.8, 4) is 0 Å². The highest BCUT2D eigenvalue weighted by molar-refractivity contribution is 9.10. The highest BCUT2D eigenvalue weighted by Crippen LogP contribution is 2.26. The molecule has 10 heavy (non-hydrogen) atoms. The fourth-order valence-electron chi connectivity index (χ4n) is 0.666. The van der Waals surface area contributed by atoms with Crippen LogP contribution in [0.1, 0.15) is 12.8 Å². The number of halogens is 1. The Morgan fingerprint density at radius 2 is 2.40 bits per heavy atom. The monoisotopic (exact) mass is 219 g/mol. The van der Waals surface area contributed by atoms with Crippen molar-refractivity contribution in [2.75, 3.05) is 5.32 Å². The Morgan fingerprint density at radius 3 is 2.90 bits per heavy atom. The molecule has 0 atom stereocenters. The summed E-state index contributed by atoms with van der Waals surface area (Å²) < 4.78 is 4.66. The minimum atomic E-state index is 0.667. The highest BCUT2D eigenvalue weighted by atomic mass is 79.9. The molecule has 1 saturated carbocycles. The molecule has 1 aromatic rings. The summed E-state index contributed by atoms with van der Waals surface area (Å²) in [6.45, 7) is 0. The van der Waals surface area contributed by atoms with E-state index in [1.165, 1.54) is 24.4 Å². The Labute approximate surface area is 71.2 Å². The summed E-state index contributed by atoms with van der Waals surface area (Å²) in [4.78, 5) is 4.10. The zero-order chi connectivity index (χ0) is 6.97. The second-order valence-corrected chi connectivity index (χ2v) is 3.75. The molecule has 1 fully saturated rings. The topological polar surface area (TPSA) is 37.8 Å². The van der Waals surface area contributed by atoms with Gasteiger partial charge in [-0.05, 0) is 28.8 Å². The molecule has 1 N–H and O–H groups in total. The summed E-state index contributed by atoms with van der Waals surface area (Å²) in [5, 5.41) is 4.18. The van der Waals surface area contributed by atoms with Crippen molar-refractivity contribution in [3.63, 3.8) is 0 Å². The van der Waals surface area contributed by atoms with Crippen LogP contribution >= 0.6 is 27.5 Å². The van der Waals surface area contributed by atoms with E-state index < -0.39 is 0 Å². The minimum absolute atomic E-state index is 0.667. The number of hydrogen-bond donors (Lipinski definition) is 1. The molecule has 1 heterocycles. The van der Waals surface area contributed by atoms with E-state index in [0.717, 1.165) is 5.13 Å². The third-order valence-electron chi connectivity index (χ3n) is 1.31. The van der Waals surface area contributed by atoms with E-state index in [0.29, 0.717) is 10.8 Å². The number of anilines is 1. The lowest BCUT2D eigenvalue weighted by Gasteiger charge is -1.93. The van der Waals surface area contributed by atoms with Crippen molar-refractivity contribution in [1.29, 1.82) is 0 Å². The molecule has 0 spiro atoms. The molecule has 0 saturated heterocycles. The second-order valence-electron chi connectivity index (χ2n) is 2.29. The summed E-state index contributed by atoms with van der Waals surface area (Å²) in [5.41, 5.74) is 0. The standard InChI is InChI=1S/C5H6BrN3S/c6-4-8-5(10-9-4)7-3-1-2-3/h3H,1-2H2,(H,7,8,9). The van der Waals surface area contributed by atoms with Crippen molar-refractivity contribution >= 4 is 32.6 Å². The van der Waals surface area contributed by atoms with Crippen molar-refractivity contribution in [3.05, 3.63) is 4.73 Å². The van der Waals surface area contributed by atoms with Crippen molar-refractivity contribution in [2.45, 2.75) is 18.9 Å². The highest BCUT2D eigenvalue weighted by Gasteiger charge is 2.21. The van der Waals surface area contributed by atoms with Gasteiger partial charge < -0.3 is 5.32 Å². The molecule has 0 aromatic carbocycles. The minimum Gasteiger partial charge on any atom is -0.358 e. The molecule has 1 aliphatic carbocycles. The Kier molecular flexibility index (Phi) is 1.61. The van der Waals surface area contributed by atoms with Crippen molar-refractivity contribution < 1.29 is 0 Å². The molecule has 2 rings (SSSR count). The molecule has 54 valence electrons. The zero-order valence-corrected chi connectivity index (χ0v) is 7.57. The van der Waals surface area contributed by atoms with Gasteiger partial charge in [0.15, 0.2) is 0 Å². The van der Waals surface area contributed by atoms with Crippen LogP contribution in [0.4, 0.5) is 5.13 Å². The van der Waals surface area contributed by atoms with Crippen LogP contribution in [0.5, 0.6) is 0 Å². The summed E-state index contributed by atoms with van der Waals surface area (Å²) in [7, 11) is 0. The third kappa shape index (κ3) is 1.46. The first-order valence-electron chi connectivity index (χ1n) is 3.10. The Morgan fingerprint density at radius 1 is 1.60 bits per heavy atom. The fraction of sp³-hybridized carbons (Fsp3) is 0.600. The molecular weight excluding hydrogens is 214 g/mol. The molecule has 0 radical (unpaired) electrons. The lowest BCUT2D eigenvalue weighted by Crippen LogP contribution is -1.99. The van der Waals surface area contributed by atoms with Gasteiger partial charge in [-0.2, -0.15) is 9.36 Å². The maximum atomic E-state index is 4.10. The maximum Gasteiger partial charge on any atom is 0.210 e. The molecule has 3 nitrogen and oxygen atoms in total. The van der Waals surface area contributed by atoms with Crippen LogP contribution in [0.3, 0.4) is 0 Å². The SMILES string of the molecule is Brc1nsc(NC2CC2)n1. The number of hydrogen-bond acceptors (Lipinski definition) is 4. The average molecular weight is 220 g/mol. The van der Waals surface area contributed by atoms with E-state index in [4.69, 9.17) is 0 Å². The number of rotatable bonds is 2. The van der Waals surface area contributed by atoms with Gasteiger partial charge in [-0.1, -0.05) is 0 Å². The van der Waals surface area contributed by atoms with Crippen LogP contribution in [-0.4, -0.2) is 15.4 Å². The van der Waals surface area contributed by atoms with Gasteiger partial charge in [-0.3, -0.25) is 0 Å². The van der Waals surface area contributed by atoms with E-state index in [2.05, 4.69) is 30.6 Å². The quantitative estimate of drug-likeness (QED) is 0.826. The van der Waals surface area contributed by atoms with Gasteiger partial charge in [-0.15, -0.1) is 0 Å². The van der Waals surface area contributed by atoms with Gasteiger partial charge in [0.1, 0.15) is 0 Å². The van der Waals surface area contributed by atoms with Crippen LogP contribution in [0.2, 0.25) is 0 Å². The van der Waals surface area contributed by atoms with Crippen molar-refractivity contribution in [1.82, 2.24) is 9.36 Å². The molecule has 1 aliphatic rings. The van der Waals surface area contributed by atoms with Crippen LogP contribution in [0.15, 0.2) is 4.73 Å². The molecule has 0 amide bonds. The predicted octanol–water partition coefficient (Wildman–Crippen LogP) is 1.87. The lowest BCUT2D eigenvalue weighted by atomic mass is 10.7. The van der Waals surface area contributed by atoms with Gasteiger partial charge in [0.2, 0.25) is 9.87 Å². The van der Waals surface area contributed by atoms with E-state index in [1.54, 1.807) is 0 Å². The maximum absolute atomic E-state index is 4.10. The normalized spacial score (nSPS) is 17.3.